The Balaban J connectivity index is 2.05. The number of carbonyl (C=O) groups excluding carboxylic acids is 1. The van der Waals surface area contributed by atoms with E-state index in [9.17, 15) is 4.79 Å². The van der Waals surface area contributed by atoms with Crippen molar-refractivity contribution in [2.24, 2.45) is 0 Å². The molecule has 0 aliphatic carbocycles. The molecule has 0 radical (unpaired) electrons. The molecule has 0 bridgehead atoms. The molecule has 1 heterocycles. The number of benzene rings is 1. The van der Waals surface area contributed by atoms with Crippen LogP contribution in [0.4, 0.5) is 0 Å². The van der Waals surface area contributed by atoms with Gasteiger partial charge >= 0.3 is 0 Å². The van der Waals surface area contributed by atoms with Crippen molar-refractivity contribution in [3.05, 3.63) is 58.3 Å². The molecular formula is C17H22N2OS. The summed E-state index contributed by atoms with van der Waals surface area (Å²) in [4.78, 5) is 13.3. The molecule has 2 rings (SSSR count). The molecule has 0 aliphatic heterocycles. The predicted octanol–water partition coefficient (Wildman–Crippen LogP) is 3.34. The smallest absolute Gasteiger partial charge is 0.234 e. The van der Waals surface area contributed by atoms with Crippen LogP contribution in [0.1, 0.15) is 36.8 Å². The van der Waals surface area contributed by atoms with E-state index in [1.54, 1.807) is 11.3 Å². The Morgan fingerprint density at radius 3 is 2.57 bits per heavy atom. The van der Waals surface area contributed by atoms with E-state index in [2.05, 4.69) is 30.5 Å². The van der Waals surface area contributed by atoms with Crippen molar-refractivity contribution in [2.75, 3.05) is 6.54 Å². The van der Waals surface area contributed by atoms with Crippen LogP contribution < -0.4 is 10.6 Å². The zero-order valence-corrected chi connectivity index (χ0v) is 13.3. The maximum Gasteiger partial charge on any atom is 0.234 e. The third-order valence-electron chi connectivity index (χ3n) is 3.49. The van der Waals surface area contributed by atoms with Crippen molar-refractivity contribution in [3.8, 4) is 0 Å². The Kier molecular flexibility index (Phi) is 5.96. The molecule has 2 unspecified atom stereocenters. The van der Waals surface area contributed by atoms with Crippen molar-refractivity contribution in [2.45, 2.75) is 32.4 Å². The minimum Gasteiger partial charge on any atom is -0.343 e. The van der Waals surface area contributed by atoms with E-state index >= 15 is 0 Å². The highest BCUT2D eigenvalue weighted by Crippen LogP contribution is 2.25. The maximum atomic E-state index is 12.2. The lowest BCUT2D eigenvalue weighted by molar-refractivity contribution is -0.120. The number of thiophene rings is 1. The minimum absolute atomic E-state index is 0.0255. The summed E-state index contributed by atoms with van der Waals surface area (Å²) < 4.78 is 0. The molecule has 0 spiro atoms. The first-order chi connectivity index (χ1) is 10.2. The Morgan fingerprint density at radius 1 is 1.19 bits per heavy atom. The molecule has 2 aromatic rings. The fraction of sp³-hybridized carbons (Fsp3) is 0.353. The van der Waals surface area contributed by atoms with Crippen molar-refractivity contribution < 1.29 is 4.79 Å². The minimum atomic E-state index is -0.0718. The van der Waals surface area contributed by atoms with Gasteiger partial charge in [-0.1, -0.05) is 43.3 Å². The van der Waals surface area contributed by atoms with E-state index in [4.69, 9.17) is 0 Å². The second-order valence-electron chi connectivity index (χ2n) is 5.12. The van der Waals surface area contributed by atoms with Gasteiger partial charge in [0.2, 0.25) is 5.91 Å². The SMILES string of the molecule is CCC(C)NCC(=O)NC(c1ccccc1)c1cccs1. The molecule has 1 amide bonds. The summed E-state index contributed by atoms with van der Waals surface area (Å²) in [6, 6.07) is 14.4. The Labute approximate surface area is 130 Å². The van der Waals surface area contributed by atoms with Crippen LogP contribution in [0.5, 0.6) is 0 Å². The number of rotatable bonds is 7. The summed E-state index contributed by atoms with van der Waals surface area (Å²) in [6.45, 7) is 4.54. The molecule has 2 N–H and O–H groups in total. The third kappa shape index (κ3) is 4.69. The van der Waals surface area contributed by atoms with Crippen molar-refractivity contribution in [1.29, 1.82) is 0 Å². The van der Waals surface area contributed by atoms with Gasteiger partial charge in [-0.25, -0.2) is 0 Å². The largest absolute Gasteiger partial charge is 0.343 e. The van der Waals surface area contributed by atoms with E-state index in [0.717, 1.165) is 16.9 Å². The first-order valence-corrected chi connectivity index (χ1v) is 8.19. The Morgan fingerprint density at radius 2 is 1.95 bits per heavy atom. The number of hydrogen-bond donors (Lipinski definition) is 2. The number of nitrogens with one attached hydrogen (secondary N) is 2. The van der Waals surface area contributed by atoms with Gasteiger partial charge in [0.25, 0.3) is 0 Å². The molecule has 3 nitrogen and oxygen atoms in total. The Hall–Kier alpha value is -1.65. The van der Waals surface area contributed by atoms with E-state index in [0.29, 0.717) is 12.6 Å². The predicted molar refractivity (Wildman–Crippen MR) is 88.5 cm³/mol. The van der Waals surface area contributed by atoms with Crippen LogP contribution in [0.25, 0.3) is 0 Å². The first-order valence-electron chi connectivity index (χ1n) is 7.31. The standard InChI is InChI=1S/C17H22N2OS/c1-3-13(2)18-12-16(20)19-17(15-10-7-11-21-15)14-8-5-4-6-9-14/h4-11,13,17-18H,3,12H2,1-2H3,(H,19,20). The fourth-order valence-electron chi connectivity index (χ4n) is 2.04. The number of amides is 1. The normalized spacial score (nSPS) is 13.6. The topological polar surface area (TPSA) is 41.1 Å². The van der Waals surface area contributed by atoms with Crippen LogP contribution in [0.15, 0.2) is 47.8 Å². The van der Waals surface area contributed by atoms with Gasteiger partial charge in [0.05, 0.1) is 12.6 Å². The van der Waals surface area contributed by atoms with Gasteiger partial charge in [-0.3, -0.25) is 4.79 Å². The molecular weight excluding hydrogens is 280 g/mol. The first kappa shape index (κ1) is 15.7. The molecule has 2 atom stereocenters. The highest BCUT2D eigenvalue weighted by atomic mass is 32.1. The highest BCUT2D eigenvalue weighted by Gasteiger charge is 2.17. The summed E-state index contributed by atoms with van der Waals surface area (Å²) in [7, 11) is 0. The number of hydrogen-bond acceptors (Lipinski definition) is 3. The van der Waals surface area contributed by atoms with E-state index in [-0.39, 0.29) is 11.9 Å². The summed E-state index contributed by atoms with van der Waals surface area (Å²) in [5.41, 5.74) is 1.11. The molecule has 21 heavy (non-hydrogen) atoms. The molecule has 0 aliphatic rings. The van der Waals surface area contributed by atoms with Gasteiger partial charge in [0.15, 0.2) is 0 Å². The van der Waals surface area contributed by atoms with Crippen LogP contribution in [0.3, 0.4) is 0 Å². The molecule has 0 fully saturated rings. The molecule has 0 saturated heterocycles. The van der Waals surface area contributed by atoms with Crippen LogP contribution in [0, 0.1) is 0 Å². The lowest BCUT2D eigenvalue weighted by Crippen LogP contribution is -2.39. The summed E-state index contributed by atoms with van der Waals surface area (Å²) in [6.07, 6.45) is 1.01. The van der Waals surface area contributed by atoms with Gasteiger partial charge in [-0.05, 0) is 30.4 Å². The molecule has 0 saturated carbocycles. The van der Waals surface area contributed by atoms with Crippen LogP contribution in [-0.4, -0.2) is 18.5 Å². The Bertz CT molecular complexity index is 539. The number of carbonyl (C=O) groups is 1. The van der Waals surface area contributed by atoms with Gasteiger partial charge in [-0.2, -0.15) is 0 Å². The highest BCUT2D eigenvalue weighted by molar-refractivity contribution is 7.10. The van der Waals surface area contributed by atoms with E-state index in [1.807, 2.05) is 41.8 Å². The van der Waals surface area contributed by atoms with Crippen molar-refractivity contribution in [1.82, 2.24) is 10.6 Å². The lowest BCUT2D eigenvalue weighted by atomic mass is 10.1. The van der Waals surface area contributed by atoms with Crippen LogP contribution >= 0.6 is 11.3 Å². The lowest BCUT2D eigenvalue weighted by Gasteiger charge is -2.19. The summed E-state index contributed by atoms with van der Waals surface area (Å²) >= 11 is 1.66. The quantitative estimate of drug-likeness (QED) is 0.823. The van der Waals surface area contributed by atoms with Gasteiger partial charge in [0.1, 0.15) is 0 Å². The van der Waals surface area contributed by atoms with Gasteiger partial charge < -0.3 is 10.6 Å². The van der Waals surface area contributed by atoms with E-state index in [1.165, 1.54) is 0 Å². The molecule has 4 heteroatoms. The van der Waals surface area contributed by atoms with Gasteiger partial charge in [0, 0.05) is 10.9 Å². The molecule has 1 aromatic carbocycles. The van der Waals surface area contributed by atoms with E-state index < -0.39 is 0 Å². The second-order valence-corrected chi connectivity index (χ2v) is 6.10. The zero-order chi connectivity index (χ0) is 15.1. The molecule has 1 aromatic heterocycles. The van der Waals surface area contributed by atoms with Crippen LogP contribution in [-0.2, 0) is 4.79 Å². The van der Waals surface area contributed by atoms with Crippen molar-refractivity contribution in [3.63, 3.8) is 0 Å². The van der Waals surface area contributed by atoms with Crippen molar-refractivity contribution >= 4 is 17.2 Å². The van der Waals surface area contributed by atoms with Gasteiger partial charge in [-0.15, -0.1) is 11.3 Å². The fourth-order valence-corrected chi connectivity index (χ4v) is 2.85. The average Bonchev–Trinajstić information content (AvgIpc) is 3.05. The second kappa shape index (κ2) is 7.96. The monoisotopic (exact) mass is 302 g/mol. The zero-order valence-electron chi connectivity index (χ0n) is 12.5. The van der Waals surface area contributed by atoms with Crippen LogP contribution in [0.2, 0.25) is 0 Å². The third-order valence-corrected chi connectivity index (χ3v) is 4.43. The average molecular weight is 302 g/mol. The summed E-state index contributed by atoms with van der Waals surface area (Å²) in [5.74, 6) is 0.0255. The summed E-state index contributed by atoms with van der Waals surface area (Å²) in [5, 5.41) is 8.39. The molecule has 112 valence electrons. The maximum absolute atomic E-state index is 12.2.